The van der Waals surface area contributed by atoms with Gasteiger partial charge in [0.1, 0.15) is 22.6 Å². The highest BCUT2D eigenvalue weighted by Crippen LogP contribution is 2.37. The zero-order chi connectivity index (χ0) is 27.1. The van der Waals surface area contributed by atoms with Gasteiger partial charge in [-0.25, -0.2) is 4.79 Å². The van der Waals surface area contributed by atoms with Crippen molar-refractivity contribution in [3.05, 3.63) is 52.7 Å². The molecule has 4 aromatic rings. The molecule has 1 aliphatic heterocycles. The lowest BCUT2D eigenvalue weighted by Crippen LogP contribution is -2.58. The summed E-state index contributed by atoms with van der Waals surface area (Å²) in [5, 5.41) is 17.3. The van der Waals surface area contributed by atoms with E-state index >= 15 is 0 Å². The number of hydrogen-bond acceptors (Lipinski definition) is 8. The molecule has 1 saturated heterocycles. The fourth-order valence-electron chi connectivity index (χ4n) is 4.28. The monoisotopic (exact) mass is 541 g/mol. The van der Waals surface area contributed by atoms with Crippen molar-refractivity contribution in [1.29, 1.82) is 0 Å². The number of ether oxygens (including phenoxy) is 3. The Morgan fingerprint density at radius 2 is 1.92 bits per heavy atom. The molecule has 2 aromatic carbocycles. The van der Waals surface area contributed by atoms with Gasteiger partial charge in [0.05, 0.1) is 24.8 Å². The summed E-state index contributed by atoms with van der Waals surface area (Å²) in [5.41, 5.74) is 1.63. The van der Waals surface area contributed by atoms with E-state index in [0.29, 0.717) is 51.6 Å². The van der Waals surface area contributed by atoms with Crippen LogP contribution in [-0.4, -0.2) is 46.9 Å². The molecule has 10 nitrogen and oxygen atoms in total. The van der Waals surface area contributed by atoms with Crippen LogP contribution >= 0.6 is 11.6 Å². The molecule has 0 bridgehead atoms. The third-order valence-electron chi connectivity index (χ3n) is 6.28. The molecule has 200 valence electrons. The van der Waals surface area contributed by atoms with Gasteiger partial charge in [-0.15, -0.1) is 0 Å². The van der Waals surface area contributed by atoms with Crippen LogP contribution in [0.25, 0.3) is 33.8 Å². The largest absolute Gasteiger partial charge is 0.492 e. The normalized spacial score (nSPS) is 16.4. The summed E-state index contributed by atoms with van der Waals surface area (Å²) in [4.78, 5) is 16.1. The lowest BCUT2D eigenvalue weighted by Gasteiger charge is -2.41. The zero-order valence-electron chi connectivity index (χ0n) is 21.5. The van der Waals surface area contributed by atoms with Gasteiger partial charge in [-0.2, -0.15) is 4.98 Å². The Bertz CT molecular complexity index is 1460. The van der Waals surface area contributed by atoms with E-state index in [9.17, 15) is 9.90 Å². The average Bonchev–Trinajstić information content (AvgIpc) is 3.52. The summed E-state index contributed by atoms with van der Waals surface area (Å²) in [5.74, 6) is 0.903. The molecule has 1 aliphatic rings. The molecule has 0 radical (unpaired) electrons. The highest BCUT2D eigenvalue weighted by molar-refractivity contribution is 6.32. The second kappa shape index (κ2) is 9.94. The molecule has 0 unspecified atom stereocenters. The van der Waals surface area contributed by atoms with Crippen LogP contribution in [0, 0.1) is 6.92 Å². The number of furan rings is 1. The van der Waals surface area contributed by atoms with E-state index in [4.69, 9.17) is 34.8 Å². The fraction of sp³-hybridized carbons (Fsp3) is 0.370. The molecule has 38 heavy (non-hydrogen) atoms. The number of amides is 1. The third kappa shape index (κ3) is 5.07. The molecule has 2 aromatic heterocycles. The molecule has 11 heteroatoms. The van der Waals surface area contributed by atoms with Crippen molar-refractivity contribution >= 4 is 28.7 Å². The number of carboxylic acid groups (broad SMARTS) is 1. The Labute approximate surface area is 223 Å². The van der Waals surface area contributed by atoms with Crippen molar-refractivity contribution < 1.29 is 33.1 Å². The van der Waals surface area contributed by atoms with Gasteiger partial charge in [0.2, 0.25) is 5.82 Å². The van der Waals surface area contributed by atoms with Crippen LogP contribution in [0.4, 0.5) is 4.79 Å². The van der Waals surface area contributed by atoms with Gasteiger partial charge in [-0.05, 0) is 69.2 Å². The van der Waals surface area contributed by atoms with E-state index in [1.807, 2.05) is 26.0 Å². The number of aryl methyl sites for hydroxylation is 1. The van der Waals surface area contributed by atoms with E-state index in [-0.39, 0.29) is 13.2 Å². The predicted octanol–water partition coefficient (Wildman–Crippen LogP) is 6.15. The van der Waals surface area contributed by atoms with Crippen LogP contribution < -0.4 is 10.1 Å². The van der Waals surface area contributed by atoms with E-state index in [1.54, 1.807) is 38.1 Å². The fourth-order valence-corrected chi connectivity index (χ4v) is 4.60. The first-order valence-electron chi connectivity index (χ1n) is 12.2. The maximum atomic E-state index is 11.6. The van der Waals surface area contributed by atoms with Gasteiger partial charge >= 0.3 is 6.09 Å². The van der Waals surface area contributed by atoms with Crippen LogP contribution in [0.3, 0.4) is 0 Å². The van der Waals surface area contributed by atoms with Crippen molar-refractivity contribution in [1.82, 2.24) is 15.5 Å². The minimum Gasteiger partial charge on any atom is -0.492 e. The van der Waals surface area contributed by atoms with Crippen molar-refractivity contribution in [3.8, 4) is 28.6 Å². The summed E-state index contributed by atoms with van der Waals surface area (Å²) in [6.07, 6.45) is -0.332. The van der Waals surface area contributed by atoms with Gasteiger partial charge in [-0.3, -0.25) is 0 Å². The molecule has 0 saturated carbocycles. The summed E-state index contributed by atoms with van der Waals surface area (Å²) < 4.78 is 28.8. The van der Waals surface area contributed by atoms with Crippen molar-refractivity contribution in [2.75, 3.05) is 19.8 Å². The maximum Gasteiger partial charge on any atom is 0.405 e. The average molecular weight is 542 g/mol. The molecule has 1 fully saturated rings. The number of benzene rings is 2. The van der Waals surface area contributed by atoms with Crippen LogP contribution in [0.2, 0.25) is 5.02 Å². The number of carbonyl (C=O) groups is 1. The smallest absolute Gasteiger partial charge is 0.405 e. The maximum absolute atomic E-state index is 11.6. The molecule has 3 heterocycles. The number of nitrogens with zero attached hydrogens (tertiary/aromatic N) is 2. The van der Waals surface area contributed by atoms with Gasteiger partial charge in [0.15, 0.2) is 5.79 Å². The number of nitrogens with one attached hydrogen (secondary N) is 1. The molecule has 0 atom stereocenters. The highest BCUT2D eigenvalue weighted by Gasteiger charge is 2.45. The van der Waals surface area contributed by atoms with Gasteiger partial charge in [0, 0.05) is 16.5 Å². The summed E-state index contributed by atoms with van der Waals surface area (Å²) >= 11 is 6.45. The summed E-state index contributed by atoms with van der Waals surface area (Å²) in [6, 6.07) is 10.8. The van der Waals surface area contributed by atoms with E-state index in [2.05, 4.69) is 15.5 Å². The van der Waals surface area contributed by atoms with Crippen molar-refractivity contribution in [2.24, 2.45) is 0 Å². The SMILES string of the molecule is CCCOc1c(C)cc(-c2nc(-c3ccc4oc(C5(NC(=O)O)COC(C)(C)OC5)cc4c3)no2)cc1Cl. The quantitative estimate of drug-likeness (QED) is 0.283. The van der Waals surface area contributed by atoms with E-state index in [0.717, 1.165) is 17.4 Å². The highest BCUT2D eigenvalue weighted by atomic mass is 35.5. The first kappa shape index (κ1) is 26.0. The molecule has 0 aliphatic carbocycles. The molecule has 1 amide bonds. The van der Waals surface area contributed by atoms with E-state index in [1.165, 1.54) is 0 Å². The van der Waals surface area contributed by atoms with E-state index < -0.39 is 17.4 Å². The molecular formula is C27H28ClN3O7. The first-order valence-corrected chi connectivity index (χ1v) is 12.6. The predicted molar refractivity (Wildman–Crippen MR) is 139 cm³/mol. The number of halogens is 1. The van der Waals surface area contributed by atoms with Gasteiger partial charge in [0.25, 0.3) is 5.89 Å². The first-order chi connectivity index (χ1) is 18.1. The second-order valence-corrected chi connectivity index (χ2v) is 10.1. The number of rotatable bonds is 7. The van der Waals surface area contributed by atoms with Crippen LogP contribution in [-0.2, 0) is 15.0 Å². The Hall–Kier alpha value is -3.60. The van der Waals surface area contributed by atoms with Crippen LogP contribution in [0.5, 0.6) is 5.75 Å². The molecule has 0 spiro atoms. The Balaban J connectivity index is 1.44. The summed E-state index contributed by atoms with van der Waals surface area (Å²) in [7, 11) is 0. The third-order valence-corrected chi connectivity index (χ3v) is 6.56. The second-order valence-electron chi connectivity index (χ2n) is 9.73. The van der Waals surface area contributed by atoms with Crippen molar-refractivity contribution in [3.63, 3.8) is 0 Å². The van der Waals surface area contributed by atoms with Crippen molar-refractivity contribution in [2.45, 2.75) is 45.4 Å². The number of fused-ring (bicyclic) bond motifs is 1. The Kier molecular flexibility index (Phi) is 6.81. The van der Waals surface area contributed by atoms with Gasteiger partial charge < -0.3 is 33.6 Å². The lowest BCUT2D eigenvalue weighted by atomic mass is 9.96. The van der Waals surface area contributed by atoms with Crippen LogP contribution in [0.15, 0.2) is 45.3 Å². The molecule has 2 N–H and O–H groups in total. The van der Waals surface area contributed by atoms with Crippen LogP contribution in [0.1, 0.15) is 38.5 Å². The molecule has 5 rings (SSSR count). The standard InChI is InChI=1S/C27H28ClN3O7/c1-5-8-34-22-15(2)9-18(11-19(22)28)24-29-23(31-38-24)16-6-7-20-17(10-16)12-21(37-20)27(30-25(32)33)13-35-26(3,4)36-14-27/h6-7,9-12,30H,5,8,13-14H2,1-4H3,(H,32,33). The Morgan fingerprint density at radius 1 is 1.16 bits per heavy atom. The number of hydrogen-bond donors (Lipinski definition) is 2. The molecular weight excluding hydrogens is 514 g/mol. The minimum absolute atomic E-state index is 0.0530. The summed E-state index contributed by atoms with van der Waals surface area (Å²) in [6.45, 7) is 8.17. The lowest BCUT2D eigenvalue weighted by molar-refractivity contribution is -0.274. The van der Waals surface area contributed by atoms with Gasteiger partial charge in [-0.1, -0.05) is 23.7 Å². The number of aromatic nitrogens is 2. The Morgan fingerprint density at radius 3 is 2.61 bits per heavy atom. The zero-order valence-corrected chi connectivity index (χ0v) is 22.2. The minimum atomic E-state index is -1.21. The topological polar surface area (TPSA) is 129 Å².